The van der Waals surface area contributed by atoms with Crippen LogP contribution in [-0.2, 0) is 27.2 Å². The van der Waals surface area contributed by atoms with Crippen LogP contribution in [-0.4, -0.2) is 116 Å². The summed E-state index contributed by atoms with van der Waals surface area (Å²) in [5.41, 5.74) is 4.18. The number of esters is 1. The lowest BCUT2D eigenvalue weighted by Gasteiger charge is -2.18. The number of aliphatic carboxylic acids is 1. The Morgan fingerprint density at radius 1 is 0.562 bits per heavy atom. The van der Waals surface area contributed by atoms with Crippen LogP contribution >= 0.6 is 22.7 Å². The molecule has 0 aliphatic rings. The summed E-state index contributed by atoms with van der Waals surface area (Å²) in [6, 6.07) is 18.8. The Bertz CT molecular complexity index is 2880. The van der Waals surface area contributed by atoms with E-state index in [0.717, 1.165) is 46.6 Å². The molecule has 4 aromatic heterocycles. The van der Waals surface area contributed by atoms with Crippen LogP contribution in [0.2, 0.25) is 0 Å². The number of hydrogen-bond donors (Lipinski definition) is 9. The first-order valence-electron chi connectivity index (χ1n) is 23.2. The molecule has 9 N–H and O–H groups in total. The van der Waals surface area contributed by atoms with Crippen LogP contribution in [0.1, 0.15) is 96.6 Å². The number of aryl methyl sites for hydroxylation is 8. The van der Waals surface area contributed by atoms with Gasteiger partial charge in [0, 0.05) is 35.9 Å². The smallest absolute Gasteiger partial charge is 0.330 e. The molecule has 73 heavy (non-hydrogen) atoms. The van der Waals surface area contributed by atoms with Crippen molar-refractivity contribution in [2.75, 3.05) is 43.9 Å². The first-order valence-corrected chi connectivity index (χ1v) is 24.8. The van der Waals surface area contributed by atoms with Crippen LogP contribution < -0.4 is 31.9 Å². The van der Waals surface area contributed by atoms with Crippen molar-refractivity contribution < 1.29 is 48.8 Å². The predicted octanol–water partition coefficient (Wildman–Crippen LogP) is 5.74. The molecular weight excluding hydrogens is 977 g/mol. The number of rotatable bonds is 22. The number of ether oxygens (including phenoxy) is 1. The number of carboxylic acid groups (broad SMARTS) is 1. The molecule has 0 spiro atoms. The van der Waals surface area contributed by atoms with E-state index in [9.17, 15) is 44.1 Å². The second-order valence-corrected chi connectivity index (χ2v) is 19.3. The Morgan fingerprint density at radius 2 is 0.959 bits per heavy atom. The second-order valence-electron chi connectivity index (χ2n) is 16.7. The van der Waals surface area contributed by atoms with Crippen LogP contribution in [0.4, 0.5) is 11.9 Å². The standard InChI is InChI=1S/C26H31N5O5S.C25H29N5O5S/c1-15-10-11-21(37-15)23(33)28-14-20(25(35)36-4)31-24(34)22-16(2)29-26(30-17(22)3)27-12-6-8-18-7-5-9-19(32)13-18;1-14-9-10-20(36-14)22(32)27-13-19(24(34)35)30-23(33)21-15(2)28-25(29-16(21)3)26-11-5-7-17-6-4-8-18(31)12-17/h5,7,9-11,13,20,32H,6,8,12,14H2,1-4H3,(H,28,33)(H,31,34)(H,27,29,30);4,6,8-10,12,19,31H,5,7,11,13H2,1-3H3,(H,27,32)(H,30,33)(H,34,35)(H,26,28,29)/t20-;19-/m00/s1. The van der Waals surface area contributed by atoms with E-state index in [0.29, 0.717) is 57.5 Å². The number of hydrogen-bond acceptors (Lipinski definition) is 17. The van der Waals surface area contributed by atoms with Gasteiger partial charge in [-0.15, -0.1) is 22.7 Å². The van der Waals surface area contributed by atoms with Gasteiger partial charge in [0.2, 0.25) is 11.9 Å². The van der Waals surface area contributed by atoms with Crippen molar-refractivity contribution in [3.63, 3.8) is 0 Å². The normalized spacial score (nSPS) is 11.5. The van der Waals surface area contributed by atoms with Crippen molar-refractivity contribution in [2.24, 2.45) is 0 Å². The van der Waals surface area contributed by atoms with E-state index in [1.54, 1.807) is 82.3 Å². The molecular formula is C51H60N10O10S2. The molecule has 0 unspecified atom stereocenters. The van der Waals surface area contributed by atoms with Crippen LogP contribution in [0.3, 0.4) is 0 Å². The van der Waals surface area contributed by atoms with Gasteiger partial charge in [-0.3, -0.25) is 19.2 Å². The predicted molar refractivity (Wildman–Crippen MR) is 278 cm³/mol. The zero-order valence-corrected chi connectivity index (χ0v) is 43.2. The number of thiophene rings is 2. The number of aromatic nitrogens is 4. The molecule has 6 rings (SSSR count). The molecule has 2 aromatic carbocycles. The number of nitrogens with one attached hydrogen (secondary N) is 6. The van der Waals surface area contributed by atoms with E-state index in [1.165, 1.54) is 29.8 Å². The fourth-order valence-corrected chi connectivity index (χ4v) is 8.90. The van der Waals surface area contributed by atoms with Crippen molar-refractivity contribution in [1.29, 1.82) is 0 Å². The van der Waals surface area contributed by atoms with Crippen molar-refractivity contribution >= 4 is 70.1 Å². The van der Waals surface area contributed by atoms with Gasteiger partial charge in [-0.05, 0) is 127 Å². The molecule has 4 amide bonds. The number of methoxy groups -OCH3 is 1. The topological polar surface area (TPSA) is 296 Å². The number of carbonyl (C=O) groups excluding carboxylic acids is 5. The number of aromatic hydroxyl groups is 2. The number of phenols is 2. The molecule has 2 atom stereocenters. The third-order valence-corrected chi connectivity index (χ3v) is 12.9. The summed E-state index contributed by atoms with van der Waals surface area (Å²) in [7, 11) is 1.21. The van der Waals surface area contributed by atoms with E-state index in [1.807, 2.05) is 32.0 Å². The minimum Gasteiger partial charge on any atom is -0.508 e. The van der Waals surface area contributed by atoms with Gasteiger partial charge in [-0.25, -0.2) is 29.5 Å². The van der Waals surface area contributed by atoms with E-state index in [2.05, 4.69) is 51.8 Å². The molecule has 0 radical (unpaired) electrons. The third kappa shape index (κ3) is 17.1. The molecule has 0 fully saturated rings. The number of carbonyl (C=O) groups is 6. The molecule has 4 heterocycles. The van der Waals surface area contributed by atoms with Crippen LogP contribution in [0.25, 0.3) is 0 Å². The maximum Gasteiger partial charge on any atom is 0.330 e. The van der Waals surface area contributed by atoms with Crippen LogP contribution in [0.5, 0.6) is 11.5 Å². The Balaban J connectivity index is 0.000000271. The number of nitrogens with zero attached hydrogens (tertiary/aromatic N) is 4. The molecule has 0 bridgehead atoms. The van der Waals surface area contributed by atoms with Crippen molar-refractivity contribution in [3.05, 3.63) is 137 Å². The molecule has 0 saturated carbocycles. The maximum atomic E-state index is 13.0. The van der Waals surface area contributed by atoms with Gasteiger partial charge >= 0.3 is 11.9 Å². The van der Waals surface area contributed by atoms with E-state index in [-0.39, 0.29) is 41.6 Å². The largest absolute Gasteiger partial charge is 0.508 e. The van der Waals surface area contributed by atoms with Crippen LogP contribution in [0, 0.1) is 41.5 Å². The van der Waals surface area contributed by atoms with Crippen molar-refractivity contribution in [1.82, 2.24) is 41.2 Å². The fraction of sp³-hybridized carbons (Fsp3) is 0.333. The van der Waals surface area contributed by atoms with E-state index in [4.69, 9.17) is 4.74 Å². The maximum absolute atomic E-state index is 13.0. The average molecular weight is 1040 g/mol. The molecule has 0 aliphatic heterocycles. The van der Waals surface area contributed by atoms with Crippen LogP contribution in [0.15, 0.2) is 72.8 Å². The Kier molecular flexibility index (Phi) is 20.7. The zero-order valence-electron chi connectivity index (χ0n) is 41.5. The summed E-state index contributed by atoms with van der Waals surface area (Å²) in [6.45, 7) is 11.2. The first-order chi connectivity index (χ1) is 34.8. The Hall–Kier alpha value is -7.98. The van der Waals surface area contributed by atoms with Gasteiger partial charge in [0.25, 0.3) is 23.6 Å². The highest BCUT2D eigenvalue weighted by atomic mass is 32.1. The number of amides is 4. The summed E-state index contributed by atoms with van der Waals surface area (Å²) in [4.78, 5) is 94.9. The second kappa shape index (κ2) is 27.0. The van der Waals surface area contributed by atoms with Crippen molar-refractivity contribution in [2.45, 2.75) is 79.3 Å². The SMILES string of the molecule is COC(=O)[C@H](CNC(=O)c1ccc(C)s1)NC(=O)c1c(C)nc(NCCCc2cccc(O)c2)nc1C.Cc1ccc(C(=O)NC[C@H](NC(=O)c2c(C)nc(NCCCc3cccc(O)c3)nc2C)C(=O)O)s1. The molecule has 386 valence electrons. The lowest BCUT2D eigenvalue weighted by Crippen LogP contribution is -2.49. The van der Waals surface area contributed by atoms with Gasteiger partial charge in [-0.1, -0.05) is 24.3 Å². The highest BCUT2D eigenvalue weighted by Crippen LogP contribution is 2.19. The summed E-state index contributed by atoms with van der Waals surface area (Å²) >= 11 is 2.63. The fourth-order valence-electron chi connectivity index (χ4n) is 7.33. The summed E-state index contributed by atoms with van der Waals surface area (Å²) < 4.78 is 4.81. The summed E-state index contributed by atoms with van der Waals surface area (Å²) in [5.74, 6) is -2.63. The van der Waals surface area contributed by atoms with E-state index < -0.39 is 41.7 Å². The molecule has 0 saturated heterocycles. The lowest BCUT2D eigenvalue weighted by molar-refractivity contribution is -0.142. The zero-order chi connectivity index (χ0) is 53.2. The first kappa shape index (κ1) is 55.9. The summed E-state index contributed by atoms with van der Waals surface area (Å²) in [6.07, 6.45) is 3.12. The summed E-state index contributed by atoms with van der Waals surface area (Å²) in [5, 5.41) is 45.2. The van der Waals surface area contributed by atoms with Crippen molar-refractivity contribution in [3.8, 4) is 11.5 Å². The lowest BCUT2D eigenvalue weighted by atomic mass is 10.1. The number of anilines is 2. The van der Waals surface area contributed by atoms with Gasteiger partial charge < -0.3 is 52.0 Å². The highest BCUT2D eigenvalue weighted by molar-refractivity contribution is 7.14. The quantitative estimate of drug-likeness (QED) is 0.0289. The van der Waals surface area contributed by atoms with Gasteiger partial charge in [0.15, 0.2) is 0 Å². The molecule has 22 heteroatoms. The minimum atomic E-state index is -1.32. The minimum absolute atomic E-state index is 0.133. The highest BCUT2D eigenvalue weighted by Gasteiger charge is 2.27. The van der Waals surface area contributed by atoms with E-state index >= 15 is 0 Å². The van der Waals surface area contributed by atoms with Gasteiger partial charge in [0.1, 0.15) is 23.6 Å². The Labute approximate surface area is 430 Å². The number of benzene rings is 2. The van der Waals surface area contributed by atoms with Gasteiger partial charge in [-0.2, -0.15) is 0 Å². The molecule has 0 aliphatic carbocycles. The average Bonchev–Trinajstić information content (AvgIpc) is 3.99. The molecule has 20 nitrogen and oxygen atoms in total. The van der Waals surface area contributed by atoms with Gasteiger partial charge in [0.05, 0.1) is 50.8 Å². The monoisotopic (exact) mass is 1040 g/mol. The third-order valence-electron chi connectivity index (χ3n) is 10.9. The Morgan fingerprint density at radius 3 is 1.32 bits per heavy atom. The number of carboxylic acids is 1. The molecule has 6 aromatic rings. The number of phenolic OH excluding ortho intramolecular Hbond substituents is 2.